The molecule has 0 radical (unpaired) electrons. The fourth-order valence-electron chi connectivity index (χ4n) is 1.70. The first-order chi connectivity index (χ1) is 9.70. The predicted octanol–water partition coefficient (Wildman–Crippen LogP) is 4.34. The molecule has 0 amide bonds. The maximum atomic E-state index is 12.4. The minimum absolute atomic E-state index is 0.0751. The average molecular weight is 366 g/mol. The van der Waals surface area contributed by atoms with Crippen LogP contribution in [0.5, 0.6) is 0 Å². The van der Waals surface area contributed by atoms with Crippen molar-refractivity contribution in [3.63, 3.8) is 0 Å². The highest BCUT2D eigenvalue weighted by atomic mass is 35.5. The van der Waals surface area contributed by atoms with Gasteiger partial charge in [-0.15, -0.1) is 0 Å². The van der Waals surface area contributed by atoms with Crippen LogP contribution in [-0.4, -0.2) is 8.42 Å². The summed E-state index contributed by atoms with van der Waals surface area (Å²) in [5, 5.41) is 0.605. The van der Waals surface area contributed by atoms with Gasteiger partial charge < -0.3 is 5.73 Å². The SMILES string of the molecule is Cc1cc(N)c(Cl)cc1NS(=O)(=O)c1cc(Cl)ccc1Cl. The topological polar surface area (TPSA) is 72.2 Å². The van der Waals surface area contributed by atoms with E-state index in [0.29, 0.717) is 16.9 Å². The van der Waals surface area contributed by atoms with Crippen LogP contribution in [0.15, 0.2) is 35.2 Å². The highest BCUT2D eigenvalue weighted by Gasteiger charge is 2.20. The summed E-state index contributed by atoms with van der Waals surface area (Å²) in [5.41, 5.74) is 7.00. The molecule has 0 heterocycles. The Morgan fingerprint density at radius 1 is 1.05 bits per heavy atom. The van der Waals surface area contributed by atoms with E-state index < -0.39 is 10.0 Å². The number of nitrogens with one attached hydrogen (secondary N) is 1. The van der Waals surface area contributed by atoms with Gasteiger partial charge in [-0.1, -0.05) is 34.8 Å². The van der Waals surface area contributed by atoms with Crippen LogP contribution in [0.3, 0.4) is 0 Å². The first-order valence-corrected chi connectivity index (χ1v) is 8.36. The Hall–Kier alpha value is -1.14. The molecule has 0 spiro atoms. The van der Waals surface area contributed by atoms with Crippen LogP contribution in [0, 0.1) is 6.92 Å². The van der Waals surface area contributed by atoms with Gasteiger partial charge in [0.15, 0.2) is 0 Å². The van der Waals surface area contributed by atoms with E-state index in [1.54, 1.807) is 13.0 Å². The van der Waals surface area contributed by atoms with Crippen molar-refractivity contribution in [3.05, 3.63) is 51.0 Å². The van der Waals surface area contributed by atoms with Crippen LogP contribution in [0.2, 0.25) is 15.1 Å². The number of benzene rings is 2. The van der Waals surface area contributed by atoms with Crippen LogP contribution >= 0.6 is 34.8 Å². The van der Waals surface area contributed by atoms with Crippen molar-refractivity contribution in [1.82, 2.24) is 0 Å². The lowest BCUT2D eigenvalue weighted by molar-refractivity contribution is 0.601. The molecular weight excluding hydrogens is 355 g/mol. The van der Waals surface area contributed by atoms with Crippen LogP contribution in [-0.2, 0) is 10.0 Å². The van der Waals surface area contributed by atoms with Gasteiger partial charge in [-0.2, -0.15) is 0 Å². The number of sulfonamides is 1. The van der Waals surface area contributed by atoms with E-state index in [1.165, 1.54) is 24.3 Å². The molecule has 0 aliphatic heterocycles. The predicted molar refractivity (Wildman–Crippen MR) is 87.9 cm³/mol. The fourth-order valence-corrected chi connectivity index (χ4v) is 3.75. The highest BCUT2D eigenvalue weighted by molar-refractivity contribution is 7.92. The molecule has 0 aromatic heterocycles. The van der Waals surface area contributed by atoms with Gasteiger partial charge in [0.05, 0.1) is 21.4 Å². The second-order valence-electron chi connectivity index (χ2n) is 4.37. The molecule has 0 saturated heterocycles. The molecule has 0 fully saturated rings. The van der Waals surface area contributed by atoms with E-state index in [4.69, 9.17) is 40.5 Å². The standard InChI is InChI=1S/C13H11Cl3N2O2S/c1-7-4-11(17)10(16)6-12(7)18-21(19,20)13-5-8(14)2-3-9(13)15/h2-6,18H,17H2,1H3. The molecule has 0 saturated carbocycles. The maximum absolute atomic E-state index is 12.4. The van der Waals surface area contributed by atoms with Crippen molar-refractivity contribution in [3.8, 4) is 0 Å². The molecule has 2 aromatic rings. The highest BCUT2D eigenvalue weighted by Crippen LogP contribution is 2.31. The summed E-state index contributed by atoms with van der Waals surface area (Å²) in [6.07, 6.45) is 0. The minimum Gasteiger partial charge on any atom is -0.398 e. The molecule has 0 atom stereocenters. The summed E-state index contributed by atoms with van der Waals surface area (Å²) in [6.45, 7) is 1.71. The van der Waals surface area contributed by atoms with Crippen molar-refractivity contribution in [2.45, 2.75) is 11.8 Å². The van der Waals surface area contributed by atoms with Gasteiger partial charge in [-0.3, -0.25) is 4.72 Å². The summed E-state index contributed by atoms with van der Waals surface area (Å²) in [5.74, 6) is 0. The molecule has 2 aromatic carbocycles. The van der Waals surface area contributed by atoms with Gasteiger partial charge in [0.1, 0.15) is 4.90 Å². The normalized spacial score (nSPS) is 11.4. The van der Waals surface area contributed by atoms with Crippen LogP contribution in [0.4, 0.5) is 11.4 Å². The third-order valence-corrected chi connectivity index (χ3v) is 5.18. The Morgan fingerprint density at radius 3 is 2.38 bits per heavy atom. The molecular formula is C13H11Cl3N2O2S. The first kappa shape index (κ1) is 16.2. The van der Waals surface area contributed by atoms with Crippen LogP contribution in [0.1, 0.15) is 5.56 Å². The van der Waals surface area contributed by atoms with E-state index in [-0.39, 0.29) is 20.0 Å². The zero-order chi connectivity index (χ0) is 15.8. The molecule has 112 valence electrons. The van der Waals surface area contributed by atoms with Crippen molar-refractivity contribution in [1.29, 1.82) is 0 Å². The molecule has 21 heavy (non-hydrogen) atoms. The van der Waals surface area contributed by atoms with E-state index in [1.807, 2.05) is 0 Å². The average Bonchev–Trinajstić information content (AvgIpc) is 2.38. The molecule has 4 nitrogen and oxygen atoms in total. The number of nitrogen functional groups attached to an aromatic ring is 1. The Bertz CT molecular complexity index is 807. The zero-order valence-electron chi connectivity index (χ0n) is 10.8. The van der Waals surface area contributed by atoms with E-state index >= 15 is 0 Å². The first-order valence-electron chi connectivity index (χ1n) is 5.74. The Morgan fingerprint density at radius 2 is 1.71 bits per heavy atom. The lowest BCUT2D eigenvalue weighted by atomic mass is 10.2. The number of aryl methyl sites for hydroxylation is 1. The van der Waals surface area contributed by atoms with Crippen molar-refractivity contribution >= 4 is 56.2 Å². The maximum Gasteiger partial charge on any atom is 0.263 e. The number of hydrogen-bond donors (Lipinski definition) is 2. The molecule has 2 rings (SSSR count). The summed E-state index contributed by atoms with van der Waals surface area (Å²) in [4.78, 5) is -0.107. The zero-order valence-corrected chi connectivity index (χ0v) is 13.9. The smallest absolute Gasteiger partial charge is 0.263 e. The molecule has 0 bridgehead atoms. The van der Waals surface area contributed by atoms with Crippen LogP contribution < -0.4 is 10.5 Å². The molecule has 3 N–H and O–H groups in total. The van der Waals surface area contributed by atoms with Gasteiger partial charge in [-0.05, 0) is 42.8 Å². The van der Waals surface area contributed by atoms with Gasteiger partial charge in [0.25, 0.3) is 10.0 Å². The van der Waals surface area contributed by atoms with Crippen molar-refractivity contribution < 1.29 is 8.42 Å². The Balaban J connectivity index is 2.47. The lowest BCUT2D eigenvalue weighted by Crippen LogP contribution is -2.14. The largest absolute Gasteiger partial charge is 0.398 e. The molecule has 0 aliphatic rings. The van der Waals surface area contributed by atoms with Crippen LogP contribution in [0.25, 0.3) is 0 Å². The van der Waals surface area contributed by atoms with Gasteiger partial charge >= 0.3 is 0 Å². The number of hydrogen-bond acceptors (Lipinski definition) is 3. The van der Waals surface area contributed by atoms with Gasteiger partial charge in [0.2, 0.25) is 0 Å². The Kier molecular flexibility index (Phi) is 4.58. The molecule has 8 heteroatoms. The minimum atomic E-state index is -3.88. The van der Waals surface area contributed by atoms with Gasteiger partial charge in [0, 0.05) is 5.02 Å². The second kappa shape index (κ2) is 5.93. The monoisotopic (exact) mass is 364 g/mol. The summed E-state index contributed by atoms with van der Waals surface area (Å²) in [7, 11) is -3.88. The quantitative estimate of drug-likeness (QED) is 0.795. The number of halogens is 3. The van der Waals surface area contributed by atoms with E-state index in [9.17, 15) is 8.42 Å². The lowest BCUT2D eigenvalue weighted by Gasteiger charge is -2.13. The third-order valence-electron chi connectivity index (χ3n) is 2.77. The van der Waals surface area contributed by atoms with Gasteiger partial charge in [-0.25, -0.2) is 8.42 Å². The van der Waals surface area contributed by atoms with E-state index in [2.05, 4.69) is 4.72 Å². The number of anilines is 2. The number of rotatable bonds is 3. The number of nitrogens with two attached hydrogens (primary N) is 1. The Labute approximate surface area is 137 Å². The van der Waals surface area contributed by atoms with Crippen molar-refractivity contribution in [2.24, 2.45) is 0 Å². The van der Waals surface area contributed by atoms with Crippen molar-refractivity contribution in [2.75, 3.05) is 10.5 Å². The molecule has 0 aliphatic carbocycles. The molecule has 0 unspecified atom stereocenters. The van der Waals surface area contributed by atoms with E-state index in [0.717, 1.165) is 0 Å². The summed E-state index contributed by atoms with van der Waals surface area (Å²) >= 11 is 17.6. The summed E-state index contributed by atoms with van der Waals surface area (Å²) < 4.78 is 27.2. The summed E-state index contributed by atoms with van der Waals surface area (Å²) in [6, 6.07) is 7.23. The fraction of sp³-hybridized carbons (Fsp3) is 0.0769. The third kappa shape index (κ3) is 3.55. The second-order valence-corrected chi connectivity index (χ2v) is 7.27.